The molecule has 1 aliphatic carbocycles. The molecule has 8 heteroatoms. The van der Waals surface area contributed by atoms with Gasteiger partial charge < -0.3 is 15.1 Å². The van der Waals surface area contributed by atoms with Gasteiger partial charge >= 0.3 is 0 Å². The fraction of sp³-hybridized carbons (Fsp3) is 0.654. The zero-order valence-electron chi connectivity index (χ0n) is 20.5. The molecule has 2 fully saturated rings. The molecule has 34 heavy (non-hydrogen) atoms. The number of amides is 3. The van der Waals surface area contributed by atoms with Crippen LogP contribution < -0.4 is 5.32 Å². The fourth-order valence-electron chi connectivity index (χ4n) is 5.07. The molecule has 0 bridgehead atoms. The van der Waals surface area contributed by atoms with Gasteiger partial charge in [0.05, 0.1) is 10.6 Å². The Morgan fingerprint density at radius 1 is 1.15 bits per heavy atom. The highest BCUT2D eigenvalue weighted by Crippen LogP contribution is 2.29. The molecule has 1 heterocycles. The molecule has 1 aromatic rings. The molecule has 0 radical (unpaired) electrons. The molecule has 1 N–H and O–H groups in total. The Morgan fingerprint density at radius 3 is 2.47 bits per heavy atom. The largest absolute Gasteiger partial charge is 0.340 e. The highest BCUT2D eigenvalue weighted by atomic mass is 35.5. The summed E-state index contributed by atoms with van der Waals surface area (Å²) in [5, 5.41) is 3.60. The van der Waals surface area contributed by atoms with E-state index < -0.39 is 11.9 Å². The minimum atomic E-state index is -0.666. The highest BCUT2D eigenvalue weighted by molar-refractivity contribution is 6.36. The number of carbonyl (C=O) groups is 3. The smallest absolute Gasteiger partial charge is 0.253 e. The summed E-state index contributed by atoms with van der Waals surface area (Å²) in [7, 11) is 0. The SMILES string of the molecule is CCC(C)C(NC(=O)c1ccc(Cl)cc1Cl)C(=O)N1CCN(C(=O)CCC2CCCC2)C(C)C1. The van der Waals surface area contributed by atoms with Crippen LogP contribution in [0.25, 0.3) is 0 Å². The molecule has 3 amide bonds. The quantitative estimate of drug-likeness (QED) is 0.525. The van der Waals surface area contributed by atoms with E-state index in [1.54, 1.807) is 17.0 Å². The van der Waals surface area contributed by atoms with Crippen LogP contribution in [0.4, 0.5) is 0 Å². The Labute approximate surface area is 213 Å². The lowest BCUT2D eigenvalue weighted by Crippen LogP contribution is -2.60. The Kier molecular flexibility index (Phi) is 9.66. The van der Waals surface area contributed by atoms with E-state index in [4.69, 9.17) is 23.2 Å². The third-order valence-electron chi connectivity index (χ3n) is 7.44. The summed E-state index contributed by atoms with van der Waals surface area (Å²) < 4.78 is 0. The summed E-state index contributed by atoms with van der Waals surface area (Å²) in [6.07, 6.45) is 7.36. The van der Waals surface area contributed by atoms with E-state index in [1.165, 1.54) is 31.7 Å². The van der Waals surface area contributed by atoms with Gasteiger partial charge in [0.15, 0.2) is 0 Å². The van der Waals surface area contributed by atoms with Crippen molar-refractivity contribution in [2.24, 2.45) is 11.8 Å². The Bertz CT molecular complexity index is 888. The lowest BCUT2D eigenvalue weighted by molar-refractivity contribution is -0.144. The first-order valence-electron chi connectivity index (χ1n) is 12.5. The molecule has 1 saturated carbocycles. The summed E-state index contributed by atoms with van der Waals surface area (Å²) in [4.78, 5) is 42.9. The number of benzene rings is 1. The fourth-order valence-corrected chi connectivity index (χ4v) is 5.57. The molecule has 1 saturated heterocycles. The highest BCUT2D eigenvalue weighted by Gasteiger charge is 2.35. The predicted molar refractivity (Wildman–Crippen MR) is 136 cm³/mol. The van der Waals surface area contributed by atoms with Crippen LogP contribution in [0.5, 0.6) is 0 Å². The summed E-state index contributed by atoms with van der Waals surface area (Å²) in [5.74, 6) is 0.322. The number of nitrogens with one attached hydrogen (secondary N) is 1. The van der Waals surface area contributed by atoms with E-state index in [9.17, 15) is 14.4 Å². The minimum Gasteiger partial charge on any atom is -0.340 e. The van der Waals surface area contributed by atoms with Crippen LogP contribution in [0.2, 0.25) is 10.0 Å². The van der Waals surface area contributed by atoms with Crippen LogP contribution in [0.15, 0.2) is 18.2 Å². The summed E-state index contributed by atoms with van der Waals surface area (Å²) >= 11 is 12.2. The van der Waals surface area contributed by atoms with E-state index in [1.807, 2.05) is 25.7 Å². The Hall–Kier alpha value is -1.79. The molecule has 3 rings (SSSR count). The number of rotatable bonds is 8. The second kappa shape index (κ2) is 12.3. The first-order valence-corrected chi connectivity index (χ1v) is 13.3. The number of hydrogen-bond donors (Lipinski definition) is 1. The van der Waals surface area contributed by atoms with Crippen molar-refractivity contribution in [3.63, 3.8) is 0 Å². The maximum absolute atomic E-state index is 13.5. The number of nitrogens with zero attached hydrogens (tertiary/aromatic N) is 2. The van der Waals surface area contributed by atoms with E-state index in [-0.39, 0.29) is 28.8 Å². The van der Waals surface area contributed by atoms with E-state index in [2.05, 4.69) is 5.32 Å². The van der Waals surface area contributed by atoms with Crippen LogP contribution >= 0.6 is 23.2 Å². The van der Waals surface area contributed by atoms with Crippen LogP contribution in [0.3, 0.4) is 0 Å². The molecular formula is C26H37Cl2N3O3. The van der Waals surface area contributed by atoms with Gasteiger partial charge in [0.25, 0.3) is 5.91 Å². The molecule has 188 valence electrons. The second-order valence-electron chi connectivity index (χ2n) is 9.87. The van der Waals surface area contributed by atoms with Crippen molar-refractivity contribution in [2.45, 2.75) is 77.8 Å². The predicted octanol–water partition coefficient (Wildman–Crippen LogP) is 5.17. The lowest BCUT2D eigenvalue weighted by Gasteiger charge is -2.41. The van der Waals surface area contributed by atoms with Gasteiger partial charge in [-0.15, -0.1) is 0 Å². The number of hydrogen-bond acceptors (Lipinski definition) is 3. The van der Waals surface area contributed by atoms with Crippen LogP contribution in [-0.4, -0.2) is 59.2 Å². The molecule has 2 aliphatic rings. The maximum atomic E-state index is 13.5. The second-order valence-corrected chi connectivity index (χ2v) is 10.7. The van der Waals surface area contributed by atoms with Gasteiger partial charge in [-0.2, -0.15) is 0 Å². The summed E-state index contributed by atoms with van der Waals surface area (Å²) in [6, 6.07) is 3.97. The van der Waals surface area contributed by atoms with Gasteiger partial charge in [-0.05, 0) is 43.4 Å². The van der Waals surface area contributed by atoms with Gasteiger partial charge in [-0.3, -0.25) is 14.4 Å². The van der Waals surface area contributed by atoms with Crippen molar-refractivity contribution < 1.29 is 14.4 Å². The molecule has 0 spiro atoms. The van der Waals surface area contributed by atoms with Gasteiger partial charge in [0.1, 0.15) is 6.04 Å². The minimum absolute atomic E-state index is 0.0484. The van der Waals surface area contributed by atoms with Crippen LogP contribution in [0, 0.1) is 11.8 Å². The standard InChI is InChI=1S/C26H37Cl2N3O3/c1-4-17(2)24(29-25(33)21-11-10-20(27)15-22(21)28)26(34)30-13-14-31(18(3)16-30)23(32)12-9-19-7-5-6-8-19/h10-11,15,17-19,24H,4-9,12-14,16H2,1-3H3,(H,29,33). The number of halogens is 2. The van der Waals surface area contributed by atoms with Gasteiger partial charge in [-0.1, -0.05) is 69.2 Å². The van der Waals surface area contributed by atoms with Crippen molar-refractivity contribution >= 4 is 40.9 Å². The van der Waals surface area contributed by atoms with Gasteiger partial charge in [-0.25, -0.2) is 0 Å². The molecule has 0 aromatic heterocycles. The first kappa shape index (κ1) is 26.8. The van der Waals surface area contributed by atoms with E-state index in [0.29, 0.717) is 42.6 Å². The average Bonchev–Trinajstić information content (AvgIpc) is 3.33. The topological polar surface area (TPSA) is 69.7 Å². The molecule has 1 aliphatic heterocycles. The van der Waals surface area contributed by atoms with Crippen molar-refractivity contribution in [1.82, 2.24) is 15.1 Å². The van der Waals surface area contributed by atoms with Crippen molar-refractivity contribution in [1.29, 1.82) is 0 Å². The number of piperazine rings is 1. The average molecular weight is 511 g/mol. The van der Waals surface area contributed by atoms with E-state index >= 15 is 0 Å². The molecule has 3 atom stereocenters. The van der Waals surface area contributed by atoms with Crippen molar-refractivity contribution in [3.05, 3.63) is 33.8 Å². The third-order valence-corrected chi connectivity index (χ3v) is 7.99. The monoisotopic (exact) mass is 509 g/mol. The third kappa shape index (κ3) is 6.66. The summed E-state index contributed by atoms with van der Waals surface area (Å²) in [5.41, 5.74) is 0.290. The van der Waals surface area contributed by atoms with Gasteiger partial charge in [0.2, 0.25) is 11.8 Å². The molecular weight excluding hydrogens is 473 g/mol. The zero-order chi connectivity index (χ0) is 24.8. The lowest BCUT2D eigenvalue weighted by atomic mass is 9.96. The normalized spacial score (nSPS) is 20.8. The summed E-state index contributed by atoms with van der Waals surface area (Å²) in [6.45, 7) is 7.42. The van der Waals surface area contributed by atoms with Crippen LogP contribution in [-0.2, 0) is 9.59 Å². The molecule has 6 nitrogen and oxygen atoms in total. The maximum Gasteiger partial charge on any atom is 0.253 e. The Balaban J connectivity index is 1.61. The van der Waals surface area contributed by atoms with Crippen molar-refractivity contribution in [2.75, 3.05) is 19.6 Å². The van der Waals surface area contributed by atoms with Crippen molar-refractivity contribution in [3.8, 4) is 0 Å². The molecule has 1 aromatic carbocycles. The van der Waals surface area contributed by atoms with Gasteiger partial charge in [0, 0.05) is 37.1 Å². The van der Waals surface area contributed by atoms with E-state index in [0.717, 1.165) is 12.8 Å². The Morgan fingerprint density at radius 2 is 1.85 bits per heavy atom. The van der Waals surface area contributed by atoms with Crippen LogP contribution in [0.1, 0.15) is 76.1 Å². The zero-order valence-corrected chi connectivity index (χ0v) is 22.0. The number of carbonyl (C=O) groups excluding carboxylic acids is 3. The first-order chi connectivity index (χ1) is 16.2. The molecule has 3 unspecified atom stereocenters.